The minimum Gasteiger partial charge on any atom is -0.308 e. The van der Waals surface area contributed by atoms with Gasteiger partial charge in [-0.3, -0.25) is 0 Å². The van der Waals surface area contributed by atoms with Crippen molar-refractivity contribution >= 4 is 22.8 Å². The average molecular weight is 290 g/mol. The molecule has 2 heterocycles. The topological polar surface area (TPSA) is 30.7 Å². The van der Waals surface area contributed by atoms with Gasteiger partial charge in [-0.1, -0.05) is 0 Å². The summed E-state index contributed by atoms with van der Waals surface area (Å²) in [4.78, 5) is 9.45. The van der Waals surface area contributed by atoms with E-state index in [-0.39, 0.29) is 5.38 Å². The molecule has 0 aliphatic heterocycles. The molecule has 4 rings (SSSR count). The summed E-state index contributed by atoms with van der Waals surface area (Å²) in [6.07, 6.45) is 7.34. The maximum absolute atomic E-state index is 6.40. The number of rotatable bonds is 4. The van der Waals surface area contributed by atoms with Crippen molar-refractivity contribution in [3.63, 3.8) is 0 Å². The SMILES string of the molecule is Cc1cnc2c(c1)nc(C(C)Cl)n2C(C1CC1)C1CC1. The largest absolute Gasteiger partial charge is 0.308 e. The summed E-state index contributed by atoms with van der Waals surface area (Å²) in [5.41, 5.74) is 3.19. The first-order valence-electron chi connectivity index (χ1n) is 7.63. The van der Waals surface area contributed by atoms with E-state index in [4.69, 9.17) is 16.6 Å². The lowest BCUT2D eigenvalue weighted by atomic mass is 10.1. The van der Waals surface area contributed by atoms with Crippen molar-refractivity contribution in [2.75, 3.05) is 0 Å². The lowest BCUT2D eigenvalue weighted by Gasteiger charge is -2.21. The van der Waals surface area contributed by atoms with E-state index in [1.807, 2.05) is 13.1 Å². The van der Waals surface area contributed by atoms with Crippen molar-refractivity contribution in [2.24, 2.45) is 11.8 Å². The second-order valence-electron chi connectivity index (χ2n) is 6.48. The van der Waals surface area contributed by atoms with Crippen LogP contribution >= 0.6 is 11.6 Å². The molecule has 2 aromatic heterocycles. The highest BCUT2D eigenvalue weighted by Gasteiger charge is 2.44. The van der Waals surface area contributed by atoms with Crippen LogP contribution in [-0.2, 0) is 0 Å². The molecule has 0 radical (unpaired) electrons. The van der Waals surface area contributed by atoms with Crippen LogP contribution in [0.4, 0.5) is 0 Å². The maximum atomic E-state index is 6.40. The predicted molar refractivity (Wildman–Crippen MR) is 81.0 cm³/mol. The molecule has 106 valence electrons. The van der Waals surface area contributed by atoms with Crippen molar-refractivity contribution < 1.29 is 0 Å². The number of alkyl halides is 1. The molecule has 0 N–H and O–H groups in total. The number of nitrogens with zero attached hydrogens (tertiary/aromatic N) is 3. The first kappa shape index (κ1) is 12.6. The van der Waals surface area contributed by atoms with E-state index in [1.165, 1.54) is 25.7 Å². The third-order valence-corrected chi connectivity index (χ3v) is 4.75. The molecule has 0 saturated heterocycles. The molecule has 2 aliphatic carbocycles. The lowest BCUT2D eigenvalue weighted by Crippen LogP contribution is -2.17. The zero-order valence-corrected chi connectivity index (χ0v) is 12.8. The van der Waals surface area contributed by atoms with Crippen LogP contribution in [0.15, 0.2) is 12.3 Å². The van der Waals surface area contributed by atoms with Crippen molar-refractivity contribution in [1.29, 1.82) is 0 Å². The van der Waals surface area contributed by atoms with Gasteiger partial charge in [0.15, 0.2) is 5.65 Å². The van der Waals surface area contributed by atoms with E-state index in [0.29, 0.717) is 6.04 Å². The summed E-state index contributed by atoms with van der Waals surface area (Å²) in [7, 11) is 0. The Morgan fingerprint density at radius 2 is 1.90 bits per heavy atom. The van der Waals surface area contributed by atoms with E-state index < -0.39 is 0 Å². The number of hydrogen-bond acceptors (Lipinski definition) is 2. The van der Waals surface area contributed by atoms with Gasteiger partial charge >= 0.3 is 0 Å². The summed E-state index contributed by atoms with van der Waals surface area (Å²) in [5, 5.41) is -0.0653. The van der Waals surface area contributed by atoms with Crippen LogP contribution in [0.3, 0.4) is 0 Å². The molecule has 1 unspecified atom stereocenters. The van der Waals surface area contributed by atoms with Gasteiger partial charge in [0.2, 0.25) is 0 Å². The molecule has 3 nitrogen and oxygen atoms in total. The first-order chi connectivity index (χ1) is 9.65. The summed E-state index contributed by atoms with van der Waals surface area (Å²) < 4.78 is 2.38. The molecule has 0 aromatic carbocycles. The van der Waals surface area contributed by atoms with E-state index in [0.717, 1.165) is 34.4 Å². The van der Waals surface area contributed by atoms with Crippen LogP contribution in [0.1, 0.15) is 55.4 Å². The Labute approximate surface area is 124 Å². The Balaban J connectivity index is 1.92. The molecule has 20 heavy (non-hydrogen) atoms. The van der Waals surface area contributed by atoms with Gasteiger partial charge in [-0.2, -0.15) is 0 Å². The summed E-state index contributed by atoms with van der Waals surface area (Å²) >= 11 is 6.40. The number of aryl methyl sites for hydroxylation is 1. The highest BCUT2D eigenvalue weighted by molar-refractivity contribution is 6.20. The smallest absolute Gasteiger partial charge is 0.160 e. The van der Waals surface area contributed by atoms with E-state index in [1.54, 1.807) is 0 Å². The number of fused-ring (bicyclic) bond motifs is 1. The summed E-state index contributed by atoms with van der Waals surface area (Å²) in [6.45, 7) is 4.08. The highest BCUT2D eigenvalue weighted by atomic mass is 35.5. The van der Waals surface area contributed by atoms with Crippen LogP contribution in [0, 0.1) is 18.8 Å². The maximum Gasteiger partial charge on any atom is 0.160 e. The normalized spacial score (nSPS) is 20.8. The molecule has 2 aromatic rings. The zero-order chi connectivity index (χ0) is 13.9. The van der Waals surface area contributed by atoms with Gasteiger partial charge in [0.1, 0.15) is 11.3 Å². The van der Waals surface area contributed by atoms with Crippen LogP contribution in [0.5, 0.6) is 0 Å². The summed E-state index contributed by atoms with van der Waals surface area (Å²) in [5.74, 6) is 2.64. The fraction of sp³-hybridized carbons (Fsp3) is 0.625. The minimum absolute atomic E-state index is 0.0653. The Kier molecular flexibility index (Phi) is 2.81. The Morgan fingerprint density at radius 1 is 1.25 bits per heavy atom. The fourth-order valence-electron chi connectivity index (χ4n) is 3.36. The highest BCUT2D eigenvalue weighted by Crippen LogP contribution is 2.53. The third-order valence-electron chi connectivity index (χ3n) is 4.56. The molecule has 4 heteroatoms. The standard InChI is InChI=1S/C16H20ClN3/c1-9-7-13-16(18-8-9)20(15(19-13)10(2)17)14(11-3-4-11)12-5-6-12/h7-8,10-12,14H,3-6H2,1-2H3. The van der Waals surface area contributed by atoms with Crippen molar-refractivity contribution in [1.82, 2.24) is 14.5 Å². The van der Waals surface area contributed by atoms with Crippen LogP contribution < -0.4 is 0 Å². The second-order valence-corrected chi connectivity index (χ2v) is 7.13. The monoisotopic (exact) mass is 289 g/mol. The Hall–Kier alpha value is -1.09. The van der Waals surface area contributed by atoms with Gasteiger partial charge in [0, 0.05) is 12.2 Å². The molecular weight excluding hydrogens is 270 g/mol. The molecular formula is C16H20ClN3. The van der Waals surface area contributed by atoms with Crippen molar-refractivity contribution in [2.45, 2.75) is 50.9 Å². The Bertz CT molecular complexity index is 641. The molecule has 0 bridgehead atoms. The van der Waals surface area contributed by atoms with E-state index in [9.17, 15) is 0 Å². The third kappa shape index (κ3) is 2.03. The quantitative estimate of drug-likeness (QED) is 0.781. The van der Waals surface area contributed by atoms with Crippen molar-refractivity contribution in [3.8, 4) is 0 Å². The number of imidazole rings is 1. The Morgan fingerprint density at radius 3 is 2.45 bits per heavy atom. The van der Waals surface area contributed by atoms with Gasteiger partial charge < -0.3 is 4.57 Å². The molecule has 2 saturated carbocycles. The zero-order valence-electron chi connectivity index (χ0n) is 12.0. The van der Waals surface area contributed by atoms with Gasteiger partial charge in [0.25, 0.3) is 0 Å². The van der Waals surface area contributed by atoms with E-state index in [2.05, 4.69) is 22.5 Å². The molecule has 2 fully saturated rings. The van der Waals surface area contributed by atoms with Crippen LogP contribution in [0.25, 0.3) is 11.2 Å². The molecule has 2 aliphatic rings. The van der Waals surface area contributed by atoms with Crippen molar-refractivity contribution in [3.05, 3.63) is 23.7 Å². The van der Waals surface area contributed by atoms with Gasteiger partial charge in [0.05, 0.1) is 5.38 Å². The van der Waals surface area contributed by atoms with Crippen LogP contribution in [0.2, 0.25) is 0 Å². The second kappa shape index (κ2) is 4.45. The van der Waals surface area contributed by atoms with Gasteiger partial charge in [-0.15, -0.1) is 11.6 Å². The average Bonchev–Trinajstić information content (AvgIpc) is 3.28. The van der Waals surface area contributed by atoms with Crippen LogP contribution in [-0.4, -0.2) is 14.5 Å². The fourth-order valence-corrected chi connectivity index (χ4v) is 3.51. The lowest BCUT2D eigenvalue weighted by molar-refractivity contribution is 0.390. The molecule has 0 amide bonds. The number of pyridine rings is 1. The number of halogens is 1. The van der Waals surface area contributed by atoms with Gasteiger partial charge in [-0.25, -0.2) is 9.97 Å². The summed E-state index contributed by atoms with van der Waals surface area (Å²) in [6, 6.07) is 2.70. The molecule has 1 atom stereocenters. The predicted octanol–water partition coefficient (Wildman–Crippen LogP) is 4.40. The number of aromatic nitrogens is 3. The van der Waals surface area contributed by atoms with Gasteiger partial charge in [-0.05, 0) is 63.0 Å². The first-order valence-corrected chi connectivity index (χ1v) is 8.07. The van der Waals surface area contributed by atoms with E-state index >= 15 is 0 Å². The minimum atomic E-state index is -0.0653. The number of hydrogen-bond donors (Lipinski definition) is 0. The molecule has 0 spiro atoms.